The molecule has 1 rings (SSSR count). The zero-order chi connectivity index (χ0) is 12.1. The van der Waals surface area contributed by atoms with Crippen LogP contribution in [0, 0.1) is 5.82 Å². The predicted octanol–water partition coefficient (Wildman–Crippen LogP) is 1.58. The topological polar surface area (TPSA) is 61.4 Å². The minimum atomic E-state index is -0.627. The summed E-state index contributed by atoms with van der Waals surface area (Å²) in [6, 6.07) is 4.22. The van der Waals surface area contributed by atoms with Gasteiger partial charge in [0.05, 0.1) is 11.4 Å². The fourth-order valence-electron chi connectivity index (χ4n) is 1.25. The van der Waals surface area contributed by atoms with E-state index < -0.39 is 18.3 Å². The second-order valence-electron chi connectivity index (χ2n) is 3.70. The van der Waals surface area contributed by atoms with E-state index in [4.69, 9.17) is 5.11 Å². The first-order valence-electron chi connectivity index (χ1n) is 4.99. The van der Waals surface area contributed by atoms with Gasteiger partial charge in [-0.2, -0.15) is 0 Å². The van der Waals surface area contributed by atoms with E-state index in [1.807, 2.05) is 13.8 Å². The highest BCUT2D eigenvalue weighted by Gasteiger charge is 2.08. The van der Waals surface area contributed by atoms with Crippen LogP contribution < -0.4 is 10.6 Å². The number of carbonyl (C=O) groups excluding carboxylic acids is 1. The maximum Gasteiger partial charge on any atom is 0.250 e. The van der Waals surface area contributed by atoms with Crippen molar-refractivity contribution in [3.05, 3.63) is 24.0 Å². The van der Waals surface area contributed by atoms with Gasteiger partial charge in [-0.3, -0.25) is 4.79 Å². The molecule has 0 aliphatic heterocycles. The molecule has 0 unspecified atom stereocenters. The van der Waals surface area contributed by atoms with E-state index in [9.17, 15) is 9.18 Å². The van der Waals surface area contributed by atoms with Gasteiger partial charge >= 0.3 is 0 Å². The summed E-state index contributed by atoms with van der Waals surface area (Å²) in [5.41, 5.74) is 0.950. The molecular formula is C11H15FN2O2. The zero-order valence-corrected chi connectivity index (χ0v) is 9.25. The third-order valence-electron chi connectivity index (χ3n) is 1.84. The molecule has 0 fully saturated rings. The molecule has 0 bridgehead atoms. The smallest absolute Gasteiger partial charge is 0.250 e. The first kappa shape index (κ1) is 12.4. The molecule has 0 spiro atoms. The van der Waals surface area contributed by atoms with Gasteiger partial charge in [-0.05, 0) is 32.0 Å². The Balaban J connectivity index is 2.93. The lowest BCUT2D eigenvalue weighted by atomic mass is 10.2. The van der Waals surface area contributed by atoms with Crippen molar-refractivity contribution >= 4 is 17.3 Å². The molecule has 1 aromatic carbocycles. The van der Waals surface area contributed by atoms with Crippen LogP contribution in [0.25, 0.3) is 0 Å². The number of halogens is 1. The monoisotopic (exact) mass is 226 g/mol. The molecule has 0 heterocycles. The van der Waals surface area contributed by atoms with Crippen molar-refractivity contribution in [1.82, 2.24) is 0 Å². The average Bonchev–Trinajstić information content (AvgIpc) is 2.21. The number of benzene rings is 1. The van der Waals surface area contributed by atoms with Crippen molar-refractivity contribution < 1.29 is 14.3 Å². The number of nitrogens with one attached hydrogen (secondary N) is 2. The number of amides is 1. The van der Waals surface area contributed by atoms with Crippen LogP contribution in [0.5, 0.6) is 0 Å². The van der Waals surface area contributed by atoms with Crippen LogP contribution in [0.2, 0.25) is 0 Å². The van der Waals surface area contributed by atoms with Crippen molar-refractivity contribution in [2.75, 3.05) is 17.2 Å². The summed E-state index contributed by atoms with van der Waals surface area (Å²) in [5, 5.41) is 14.1. The number of hydrogen-bond acceptors (Lipinski definition) is 3. The molecular weight excluding hydrogens is 211 g/mol. The third kappa shape index (κ3) is 3.51. The minimum absolute atomic E-state index is 0.162. The van der Waals surface area contributed by atoms with Gasteiger partial charge in [-0.1, -0.05) is 0 Å². The Labute approximate surface area is 93.5 Å². The van der Waals surface area contributed by atoms with Crippen molar-refractivity contribution in [2.45, 2.75) is 19.9 Å². The van der Waals surface area contributed by atoms with Gasteiger partial charge in [-0.15, -0.1) is 0 Å². The van der Waals surface area contributed by atoms with E-state index in [1.54, 1.807) is 6.07 Å². The highest BCUT2D eigenvalue weighted by atomic mass is 19.1. The van der Waals surface area contributed by atoms with E-state index in [2.05, 4.69) is 10.6 Å². The van der Waals surface area contributed by atoms with Crippen LogP contribution >= 0.6 is 0 Å². The van der Waals surface area contributed by atoms with Crippen LogP contribution in [0.15, 0.2) is 18.2 Å². The van der Waals surface area contributed by atoms with Gasteiger partial charge in [-0.25, -0.2) is 4.39 Å². The number of aliphatic hydroxyl groups is 1. The maximum absolute atomic E-state index is 13.0. The van der Waals surface area contributed by atoms with Crippen LogP contribution in [0.4, 0.5) is 15.8 Å². The molecule has 0 aromatic heterocycles. The lowest BCUT2D eigenvalue weighted by Gasteiger charge is -2.15. The minimum Gasteiger partial charge on any atom is -0.387 e. The molecule has 1 aromatic rings. The lowest BCUT2D eigenvalue weighted by Crippen LogP contribution is -2.18. The molecule has 16 heavy (non-hydrogen) atoms. The largest absolute Gasteiger partial charge is 0.387 e. The van der Waals surface area contributed by atoms with Gasteiger partial charge in [0, 0.05) is 6.04 Å². The molecule has 0 aliphatic carbocycles. The Hall–Kier alpha value is -1.62. The SMILES string of the molecule is CC(C)Nc1ccc(F)cc1NC(=O)CO. The van der Waals surface area contributed by atoms with Crippen LogP contribution in [0.1, 0.15) is 13.8 Å². The first-order valence-corrected chi connectivity index (χ1v) is 4.99. The molecule has 0 atom stereocenters. The zero-order valence-electron chi connectivity index (χ0n) is 9.25. The summed E-state index contributed by atoms with van der Waals surface area (Å²) >= 11 is 0. The molecule has 0 aliphatic rings. The Morgan fingerprint density at radius 1 is 1.44 bits per heavy atom. The number of anilines is 2. The molecule has 4 nitrogen and oxygen atoms in total. The molecule has 1 amide bonds. The predicted molar refractivity (Wildman–Crippen MR) is 60.9 cm³/mol. The Kier molecular flexibility index (Phi) is 4.25. The van der Waals surface area contributed by atoms with Crippen LogP contribution in [-0.2, 0) is 4.79 Å². The van der Waals surface area contributed by atoms with Gasteiger partial charge < -0.3 is 15.7 Å². The Morgan fingerprint density at radius 2 is 2.12 bits per heavy atom. The number of rotatable bonds is 4. The summed E-state index contributed by atoms with van der Waals surface area (Å²) in [5.74, 6) is -1.01. The normalized spacial score (nSPS) is 10.3. The van der Waals surface area contributed by atoms with Crippen molar-refractivity contribution in [3.63, 3.8) is 0 Å². The van der Waals surface area contributed by atoms with Gasteiger partial charge in [0.2, 0.25) is 5.91 Å². The average molecular weight is 226 g/mol. The maximum atomic E-state index is 13.0. The number of aliphatic hydroxyl groups excluding tert-OH is 1. The molecule has 5 heteroatoms. The molecule has 3 N–H and O–H groups in total. The van der Waals surface area contributed by atoms with E-state index in [0.717, 1.165) is 0 Å². The quantitative estimate of drug-likeness (QED) is 0.730. The summed E-state index contributed by atoms with van der Waals surface area (Å²) < 4.78 is 13.0. The Morgan fingerprint density at radius 3 is 2.69 bits per heavy atom. The molecule has 0 saturated carbocycles. The van der Waals surface area contributed by atoms with Gasteiger partial charge in [0.15, 0.2) is 0 Å². The second-order valence-corrected chi connectivity index (χ2v) is 3.70. The first-order chi connectivity index (χ1) is 7.52. The number of hydrogen-bond donors (Lipinski definition) is 3. The summed E-state index contributed by atoms with van der Waals surface area (Å²) in [7, 11) is 0. The third-order valence-corrected chi connectivity index (χ3v) is 1.84. The standard InChI is InChI=1S/C11H15FN2O2/c1-7(2)13-9-4-3-8(12)5-10(9)14-11(16)6-15/h3-5,7,13,15H,6H2,1-2H3,(H,14,16). The van der Waals surface area contributed by atoms with Crippen molar-refractivity contribution in [2.24, 2.45) is 0 Å². The van der Waals surface area contributed by atoms with E-state index >= 15 is 0 Å². The molecule has 0 saturated heterocycles. The highest BCUT2D eigenvalue weighted by molar-refractivity contribution is 5.94. The fourth-order valence-corrected chi connectivity index (χ4v) is 1.25. The van der Waals surface area contributed by atoms with E-state index in [1.165, 1.54) is 12.1 Å². The van der Waals surface area contributed by atoms with Crippen LogP contribution in [0.3, 0.4) is 0 Å². The molecule has 0 radical (unpaired) electrons. The van der Waals surface area contributed by atoms with E-state index in [0.29, 0.717) is 11.4 Å². The highest BCUT2D eigenvalue weighted by Crippen LogP contribution is 2.23. The van der Waals surface area contributed by atoms with Crippen LogP contribution in [-0.4, -0.2) is 23.7 Å². The fraction of sp³-hybridized carbons (Fsp3) is 0.364. The lowest BCUT2D eigenvalue weighted by molar-refractivity contribution is -0.118. The van der Waals surface area contributed by atoms with E-state index in [-0.39, 0.29) is 6.04 Å². The Bertz CT molecular complexity index is 380. The second kappa shape index (κ2) is 5.46. The van der Waals surface area contributed by atoms with Crippen molar-refractivity contribution in [3.8, 4) is 0 Å². The van der Waals surface area contributed by atoms with Gasteiger partial charge in [0.1, 0.15) is 12.4 Å². The molecule has 88 valence electrons. The summed E-state index contributed by atoms with van der Waals surface area (Å²) in [4.78, 5) is 11.0. The van der Waals surface area contributed by atoms with Gasteiger partial charge in [0.25, 0.3) is 0 Å². The summed E-state index contributed by atoms with van der Waals surface area (Å²) in [6.45, 7) is 3.24. The number of carbonyl (C=O) groups is 1. The summed E-state index contributed by atoms with van der Waals surface area (Å²) in [6.07, 6.45) is 0. The van der Waals surface area contributed by atoms with Crippen molar-refractivity contribution in [1.29, 1.82) is 0 Å².